The fourth-order valence-corrected chi connectivity index (χ4v) is 5.39. The summed E-state index contributed by atoms with van der Waals surface area (Å²) in [6.45, 7) is 6.27. The molecule has 0 unspecified atom stereocenters. The van der Waals surface area contributed by atoms with Gasteiger partial charge in [-0.15, -0.1) is 0 Å². The van der Waals surface area contributed by atoms with Crippen molar-refractivity contribution in [2.45, 2.75) is 57.7 Å². The topological polar surface area (TPSA) is 62.2 Å². The van der Waals surface area contributed by atoms with E-state index >= 15 is 0 Å². The van der Waals surface area contributed by atoms with Crippen molar-refractivity contribution in [2.75, 3.05) is 38.8 Å². The highest BCUT2D eigenvalue weighted by molar-refractivity contribution is 5.52. The molecule has 3 aromatic rings. The third kappa shape index (κ3) is 7.35. The molecule has 5 rings (SSSR count). The first-order chi connectivity index (χ1) is 18.1. The Morgan fingerprint density at radius 3 is 2.08 bits per heavy atom. The Labute approximate surface area is 222 Å². The van der Waals surface area contributed by atoms with Crippen molar-refractivity contribution in [3.8, 4) is 5.75 Å². The summed E-state index contributed by atoms with van der Waals surface area (Å²) in [6.07, 6.45) is 4.28. The van der Waals surface area contributed by atoms with Crippen molar-refractivity contribution >= 4 is 5.69 Å². The van der Waals surface area contributed by atoms with Crippen LogP contribution >= 0.6 is 0 Å². The fourth-order valence-electron chi connectivity index (χ4n) is 5.39. The molecule has 37 heavy (non-hydrogen) atoms. The maximum Gasteiger partial charge on any atom is 0.179 e. The molecule has 200 valence electrons. The minimum absolute atomic E-state index is 0.0903. The van der Waals surface area contributed by atoms with E-state index < -0.39 is 6.29 Å². The monoisotopic (exact) mass is 505 g/mol. The number of aryl methyl sites for hydroxylation is 1. The van der Waals surface area contributed by atoms with Crippen LogP contribution < -0.4 is 4.90 Å². The van der Waals surface area contributed by atoms with E-state index in [0.29, 0.717) is 17.6 Å². The number of fused-ring (bicyclic) bond motifs is 1. The quantitative estimate of drug-likeness (QED) is 0.376. The van der Waals surface area contributed by atoms with Gasteiger partial charge in [-0.05, 0) is 78.1 Å². The second-order valence-electron chi connectivity index (χ2n) is 9.29. The number of nitrogens with zero attached hydrogens (tertiary/aromatic N) is 1. The van der Waals surface area contributed by atoms with Gasteiger partial charge in [-0.3, -0.25) is 0 Å². The van der Waals surface area contributed by atoms with Gasteiger partial charge in [0.15, 0.2) is 6.29 Å². The Morgan fingerprint density at radius 2 is 1.51 bits per heavy atom. The lowest BCUT2D eigenvalue weighted by Crippen LogP contribution is -2.21. The summed E-state index contributed by atoms with van der Waals surface area (Å²) in [7, 11) is 2.95. The van der Waals surface area contributed by atoms with Crippen LogP contribution in [0, 0.1) is 0 Å². The molecule has 5 heteroatoms. The zero-order valence-electron chi connectivity index (χ0n) is 22.8. The van der Waals surface area contributed by atoms with E-state index in [4.69, 9.17) is 5.11 Å². The number of methoxy groups -OCH3 is 2. The van der Waals surface area contributed by atoms with Gasteiger partial charge in [0, 0.05) is 38.9 Å². The second-order valence-corrected chi connectivity index (χ2v) is 9.29. The van der Waals surface area contributed by atoms with Gasteiger partial charge in [0.1, 0.15) is 5.75 Å². The molecular weight excluding hydrogens is 462 g/mol. The molecule has 1 saturated heterocycles. The van der Waals surface area contributed by atoms with E-state index in [2.05, 4.69) is 75.0 Å². The van der Waals surface area contributed by atoms with Gasteiger partial charge in [0.2, 0.25) is 0 Å². The van der Waals surface area contributed by atoms with E-state index in [9.17, 15) is 5.11 Å². The lowest BCUT2D eigenvalue weighted by atomic mass is 9.69. The molecule has 3 aromatic carbocycles. The normalized spacial score (nSPS) is 18.4. The third-order valence-corrected chi connectivity index (χ3v) is 7.21. The lowest BCUT2D eigenvalue weighted by molar-refractivity contribution is -0.127. The molecule has 0 radical (unpaired) electrons. The van der Waals surface area contributed by atoms with Crippen LogP contribution in [-0.4, -0.2) is 50.4 Å². The SMILES string of the molecule is CC.COC(CO)OC.Oc1ccc2c(c1)CC[C@H](c1ccccc1)[C@@H]2c1ccc(N2CCCC2)cc1. The zero-order chi connectivity index (χ0) is 26.6. The van der Waals surface area contributed by atoms with Crippen molar-refractivity contribution in [1.29, 1.82) is 0 Å². The summed E-state index contributed by atoms with van der Waals surface area (Å²) < 4.78 is 9.15. The van der Waals surface area contributed by atoms with Crippen LogP contribution in [-0.2, 0) is 15.9 Å². The molecule has 2 aliphatic rings. The van der Waals surface area contributed by atoms with Crippen LogP contribution in [0.4, 0.5) is 5.69 Å². The molecule has 1 aliphatic heterocycles. The Morgan fingerprint density at radius 1 is 0.865 bits per heavy atom. The predicted octanol–water partition coefficient (Wildman–Crippen LogP) is 6.48. The second kappa shape index (κ2) is 14.8. The molecule has 0 spiro atoms. The number of aromatic hydroxyl groups is 1. The standard InChI is InChI=1S/C26H27NO.C4H10O3.C2H6/c28-23-13-15-25-21(18-23)10-14-24(19-6-2-1-3-7-19)26(25)20-8-11-22(12-9-20)27-16-4-5-17-27;1-6-4(3-5)7-2;1-2/h1-3,6-9,11-13,15,18,24,26,28H,4-5,10,14,16-17H2;4-5H,3H2,1-2H3;1-2H3/t24-,26+;;/m1../s1. The highest BCUT2D eigenvalue weighted by atomic mass is 16.7. The number of aliphatic hydroxyl groups is 1. The van der Waals surface area contributed by atoms with Crippen molar-refractivity contribution in [1.82, 2.24) is 0 Å². The molecule has 1 fully saturated rings. The fraction of sp³-hybridized carbons (Fsp3) is 0.438. The average molecular weight is 506 g/mol. The maximum absolute atomic E-state index is 9.98. The van der Waals surface area contributed by atoms with Crippen molar-refractivity contribution in [3.05, 3.63) is 95.1 Å². The van der Waals surface area contributed by atoms with Crippen LogP contribution in [0.2, 0.25) is 0 Å². The van der Waals surface area contributed by atoms with Crippen molar-refractivity contribution in [3.63, 3.8) is 0 Å². The van der Waals surface area contributed by atoms with Crippen LogP contribution in [0.1, 0.15) is 67.2 Å². The number of benzene rings is 3. The Balaban J connectivity index is 0.000000369. The molecule has 0 bridgehead atoms. The predicted molar refractivity (Wildman–Crippen MR) is 152 cm³/mol. The van der Waals surface area contributed by atoms with Crippen molar-refractivity contribution < 1.29 is 19.7 Å². The van der Waals surface area contributed by atoms with Gasteiger partial charge in [-0.1, -0.05) is 62.4 Å². The van der Waals surface area contributed by atoms with Gasteiger partial charge in [-0.25, -0.2) is 0 Å². The molecule has 0 aromatic heterocycles. The minimum atomic E-state index is -0.458. The smallest absolute Gasteiger partial charge is 0.179 e. The van der Waals surface area contributed by atoms with E-state index in [-0.39, 0.29) is 6.61 Å². The van der Waals surface area contributed by atoms with Crippen LogP contribution in [0.15, 0.2) is 72.8 Å². The first kappa shape index (κ1) is 28.7. The number of hydrogen-bond donors (Lipinski definition) is 2. The lowest BCUT2D eigenvalue weighted by Gasteiger charge is -2.35. The van der Waals surface area contributed by atoms with Gasteiger partial charge in [0.25, 0.3) is 0 Å². The number of hydrogen-bond acceptors (Lipinski definition) is 5. The summed E-state index contributed by atoms with van der Waals surface area (Å²) in [5.41, 5.74) is 6.80. The van der Waals surface area contributed by atoms with Gasteiger partial charge in [0.05, 0.1) is 6.61 Å². The average Bonchev–Trinajstić information content (AvgIpc) is 3.51. The number of phenols is 1. The minimum Gasteiger partial charge on any atom is -0.508 e. The summed E-state index contributed by atoms with van der Waals surface area (Å²) in [5.74, 6) is 1.18. The van der Waals surface area contributed by atoms with Crippen molar-refractivity contribution in [2.24, 2.45) is 0 Å². The Kier molecular flexibility index (Phi) is 11.5. The molecule has 0 saturated carbocycles. The summed E-state index contributed by atoms with van der Waals surface area (Å²) >= 11 is 0. The third-order valence-electron chi connectivity index (χ3n) is 7.21. The maximum atomic E-state index is 9.98. The van der Waals surface area contributed by atoms with E-state index in [1.54, 1.807) is 0 Å². The Hall–Kier alpha value is -2.86. The number of ether oxygens (including phenoxy) is 2. The summed E-state index contributed by atoms with van der Waals surface area (Å²) in [5, 5.41) is 18.3. The molecule has 2 N–H and O–H groups in total. The molecule has 1 aliphatic carbocycles. The number of phenolic OH excluding ortho intramolecular Hbond substituents is 1. The highest BCUT2D eigenvalue weighted by Gasteiger charge is 2.32. The molecule has 5 nitrogen and oxygen atoms in total. The first-order valence-electron chi connectivity index (χ1n) is 13.5. The van der Waals surface area contributed by atoms with E-state index in [0.717, 1.165) is 12.8 Å². The van der Waals surface area contributed by atoms with E-state index in [1.165, 1.54) is 68.1 Å². The van der Waals surface area contributed by atoms with Gasteiger partial charge >= 0.3 is 0 Å². The Bertz CT molecular complexity index is 1040. The van der Waals surface area contributed by atoms with Crippen LogP contribution in [0.5, 0.6) is 5.75 Å². The summed E-state index contributed by atoms with van der Waals surface area (Å²) in [4.78, 5) is 2.49. The van der Waals surface area contributed by atoms with Crippen LogP contribution in [0.25, 0.3) is 0 Å². The largest absolute Gasteiger partial charge is 0.508 e. The summed E-state index contributed by atoms with van der Waals surface area (Å²) in [6, 6.07) is 26.1. The van der Waals surface area contributed by atoms with Gasteiger partial charge in [-0.2, -0.15) is 0 Å². The number of aliphatic hydroxyl groups excluding tert-OH is 1. The first-order valence-corrected chi connectivity index (χ1v) is 13.5. The molecule has 1 heterocycles. The zero-order valence-corrected chi connectivity index (χ0v) is 22.8. The van der Waals surface area contributed by atoms with E-state index in [1.807, 2.05) is 26.0 Å². The molecule has 0 amide bonds. The van der Waals surface area contributed by atoms with Crippen LogP contribution in [0.3, 0.4) is 0 Å². The number of rotatable bonds is 6. The molecular formula is C32H43NO4. The highest BCUT2D eigenvalue weighted by Crippen LogP contribution is 2.47. The molecule has 2 atom stereocenters. The van der Waals surface area contributed by atoms with Gasteiger partial charge < -0.3 is 24.6 Å². The number of anilines is 1.